The van der Waals surface area contributed by atoms with E-state index in [0.717, 1.165) is 35.4 Å². The van der Waals surface area contributed by atoms with Crippen LogP contribution in [0, 0.1) is 13.8 Å². The van der Waals surface area contributed by atoms with Crippen LogP contribution in [0.1, 0.15) is 24.3 Å². The number of sulfonamides is 1. The van der Waals surface area contributed by atoms with Gasteiger partial charge in [-0.3, -0.25) is 0 Å². The number of ether oxygens (including phenoxy) is 1. The lowest BCUT2D eigenvalue weighted by molar-refractivity contribution is 0.114. The molecule has 0 saturated carbocycles. The summed E-state index contributed by atoms with van der Waals surface area (Å²) in [6.07, 6.45) is 1.86. The lowest BCUT2D eigenvalue weighted by Gasteiger charge is -2.11. The highest BCUT2D eigenvalue weighted by molar-refractivity contribution is 7.89. The zero-order chi connectivity index (χ0) is 16.4. The van der Waals surface area contributed by atoms with Gasteiger partial charge in [0.25, 0.3) is 0 Å². The Labute approximate surface area is 135 Å². The summed E-state index contributed by atoms with van der Waals surface area (Å²) in [7, 11) is -3.52. The fourth-order valence-corrected chi connectivity index (χ4v) is 3.85. The summed E-state index contributed by atoms with van der Waals surface area (Å²) in [6.45, 7) is 4.72. The molecule has 1 aliphatic rings. The van der Waals surface area contributed by atoms with Crippen LogP contribution in [0.3, 0.4) is 0 Å². The molecule has 1 atom stereocenters. The molecule has 1 fully saturated rings. The third-order valence-electron chi connectivity index (χ3n) is 4.01. The van der Waals surface area contributed by atoms with Crippen LogP contribution < -0.4 is 4.72 Å². The summed E-state index contributed by atoms with van der Waals surface area (Å²) >= 11 is 0. The van der Waals surface area contributed by atoms with Crippen molar-refractivity contribution in [2.75, 3.05) is 13.2 Å². The second-order valence-electron chi connectivity index (χ2n) is 5.71. The van der Waals surface area contributed by atoms with Crippen molar-refractivity contribution in [3.05, 3.63) is 35.7 Å². The first-order valence-electron chi connectivity index (χ1n) is 7.62. The van der Waals surface area contributed by atoms with Gasteiger partial charge < -0.3 is 9.26 Å². The third-order valence-corrected chi connectivity index (χ3v) is 5.45. The van der Waals surface area contributed by atoms with Gasteiger partial charge >= 0.3 is 0 Å². The second kappa shape index (κ2) is 6.43. The van der Waals surface area contributed by atoms with Crippen LogP contribution in [0.5, 0.6) is 0 Å². The largest absolute Gasteiger partial charge is 0.377 e. The van der Waals surface area contributed by atoms with Crippen molar-refractivity contribution >= 4 is 10.0 Å². The summed E-state index contributed by atoms with van der Waals surface area (Å²) in [5.41, 5.74) is 2.58. The molecule has 0 bridgehead atoms. The Morgan fingerprint density at radius 2 is 2.00 bits per heavy atom. The number of aromatic nitrogens is 1. The maximum absolute atomic E-state index is 12.3. The fraction of sp³-hybridized carbons (Fsp3) is 0.438. The van der Waals surface area contributed by atoms with Crippen molar-refractivity contribution in [1.29, 1.82) is 0 Å². The maximum Gasteiger partial charge on any atom is 0.240 e. The van der Waals surface area contributed by atoms with E-state index in [0.29, 0.717) is 13.2 Å². The summed E-state index contributed by atoms with van der Waals surface area (Å²) < 4.78 is 37.8. The molecule has 0 amide bonds. The molecule has 1 aromatic heterocycles. The van der Waals surface area contributed by atoms with Crippen molar-refractivity contribution in [2.24, 2.45) is 0 Å². The van der Waals surface area contributed by atoms with E-state index in [1.165, 1.54) is 0 Å². The van der Waals surface area contributed by atoms with Crippen LogP contribution in [0.4, 0.5) is 0 Å². The molecule has 0 unspecified atom stereocenters. The molecule has 3 rings (SSSR count). The molecule has 1 N–H and O–H groups in total. The Morgan fingerprint density at radius 1 is 1.26 bits per heavy atom. The van der Waals surface area contributed by atoms with Crippen molar-refractivity contribution in [2.45, 2.75) is 37.7 Å². The summed E-state index contributed by atoms with van der Waals surface area (Å²) in [6, 6.07) is 6.73. The fourth-order valence-electron chi connectivity index (χ4n) is 2.79. The van der Waals surface area contributed by atoms with Crippen molar-refractivity contribution in [3.63, 3.8) is 0 Å². The first-order chi connectivity index (χ1) is 11.0. The Kier molecular flexibility index (Phi) is 4.52. The third kappa shape index (κ3) is 3.46. The number of benzene rings is 1. The van der Waals surface area contributed by atoms with Crippen LogP contribution in [0.25, 0.3) is 11.1 Å². The average molecular weight is 336 g/mol. The normalized spacial score (nSPS) is 18.4. The Morgan fingerprint density at radius 3 is 2.57 bits per heavy atom. The molecule has 1 aliphatic heterocycles. The van der Waals surface area contributed by atoms with E-state index in [1.807, 2.05) is 13.8 Å². The topological polar surface area (TPSA) is 81.4 Å². The van der Waals surface area contributed by atoms with Crippen molar-refractivity contribution in [3.8, 4) is 11.1 Å². The van der Waals surface area contributed by atoms with Gasteiger partial charge in [0.15, 0.2) is 0 Å². The number of hydrogen-bond acceptors (Lipinski definition) is 5. The molecule has 0 radical (unpaired) electrons. The van der Waals surface area contributed by atoms with Crippen LogP contribution >= 0.6 is 0 Å². The first kappa shape index (κ1) is 16.2. The van der Waals surface area contributed by atoms with Gasteiger partial charge in [-0.2, -0.15) is 0 Å². The van der Waals surface area contributed by atoms with Gasteiger partial charge in [-0.1, -0.05) is 17.3 Å². The van der Waals surface area contributed by atoms with E-state index in [1.54, 1.807) is 24.3 Å². The van der Waals surface area contributed by atoms with E-state index in [-0.39, 0.29) is 11.0 Å². The van der Waals surface area contributed by atoms with Gasteiger partial charge in [0.2, 0.25) is 10.0 Å². The highest BCUT2D eigenvalue weighted by atomic mass is 32.2. The van der Waals surface area contributed by atoms with Crippen LogP contribution in [0.15, 0.2) is 33.7 Å². The van der Waals surface area contributed by atoms with Gasteiger partial charge in [-0.05, 0) is 44.4 Å². The highest BCUT2D eigenvalue weighted by Gasteiger charge is 2.20. The minimum Gasteiger partial charge on any atom is -0.377 e. The first-order valence-corrected chi connectivity index (χ1v) is 9.10. The highest BCUT2D eigenvalue weighted by Crippen LogP contribution is 2.27. The summed E-state index contributed by atoms with van der Waals surface area (Å²) in [5.74, 6) is 0.717. The zero-order valence-electron chi connectivity index (χ0n) is 13.2. The minimum atomic E-state index is -3.52. The van der Waals surface area contributed by atoms with Gasteiger partial charge in [-0.25, -0.2) is 13.1 Å². The van der Waals surface area contributed by atoms with Crippen molar-refractivity contribution < 1.29 is 17.7 Å². The van der Waals surface area contributed by atoms with E-state index in [9.17, 15) is 8.42 Å². The predicted molar refractivity (Wildman–Crippen MR) is 85.6 cm³/mol. The van der Waals surface area contributed by atoms with Crippen LogP contribution in [-0.2, 0) is 14.8 Å². The van der Waals surface area contributed by atoms with Crippen LogP contribution in [0.2, 0.25) is 0 Å². The zero-order valence-corrected chi connectivity index (χ0v) is 14.0. The van der Waals surface area contributed by atoms with E-state index < -0.39 is 10.0 Å². The quantitative estimate of drug-likeness (QED) is 0.907. The molecule has 1 aromatic carbocycles. The van der Waals surface area contributed by atoms with Gasteiger partial charge in [0, 0.05) is 18.7 Å². The molecule has 0 aliphatic carbocycles. The number of aryl methyl sites for hydroxylation is 2. The molecule has 23 heavy (non-hydrogen) atoms. The molecule has 2 heterocycles. The molecule has 7 heteroatoms. The number of nitrogens with one attached hydrogen (secondary N) is 1. The standard InChI is InChI=1S/C16H20N2O4S/c1-11-16(12(2)22-18-11)13-5-7-15(8-6-13)23(19,20)17-10-14-4-3-9-21-14/h5-8,14,17H,3-4,9-10H2,1-2H3/t14-/m1/s1. The Bertz CT molecular complexity index is 755. The van der Waals surface area contributed by atoms with Crippen LogP contribution in [-0.4, -0.2) is 32.8 Å². The van der Waals surface area contributed by atoms with E-state index >= 15 is 0 Å². The number of rotatable bonds is 5. The van der Waals surface area contributed by atoms with Gasteiger partial charge in [-0.15, -0.1) is 0 Å². The van der Waals surface area contributed by atoms with Gasteiger partial charge in [0.1, 0.15) is 5.76 Å². The van der Waals surface area contributed by atoms with Gasteiger partial charge in [0.05, 0.1) is 16.7 Å². The Hall–Kier alpha value is -1.70. The molecule has 2 aromatic rings. The minimum absolute atomic E-state index is 0.0219. The smallest absolute Gasteiger partial charge is 0.240 e. The molecular formula is C16H20N2O4S. The van der Waals surface area contributed by atoms with E-state index in [4.69, 9.17) is 9.26 Å². The number of nitrogens with zero attached hydrogens (tertiary/aromatic N) is 1. The number of hydrogen-bond donors (Lipinski definition) is 1. The van der Waals surface area contributed by atoms with E-state index in [2.05, 4.69) is 9.88 Å². The summed E-state index contributed by atoms with van der Waals surface area (Å²) in [4.78, 5) is 0.242. The Balaban J connectivity index is 1.75. The molecule has 6 nitrogen and oxygen atoms in total. The molecule has 124 valence electrons. The molecule has 0 spiro atoms. The second-order valence-corrected chi connectivity index (χ2v) is 7.48. The predicted octanol–water partition coefficient (Wildman–Crippen LogP) is 2.42. The monoisotopic (exact) mass is 336 g/mol. The molecular weight excluding hydrogens is 316 g/mol. The lowest BCUT2D eigenvalue weighted by atomic mass is 10.0. The summed E-state index contributed by atoms with van der Waals surface area (Å²) in [5, 5.41) is 3.92. The average Bonchev–Trinajstić information content (AvgIpc) is 3.16. The van der Waals surface area contributed by atoms with Crippen molar-refractivity contribution in [1.82, 2.24) is 9.88 Å². The molecule has 1 saturated heterocycles. The SMILES string of the molecule is Cc1noc(C)c1-c1ccc(S(=O)(=O)NC[C@H]2CCCO2)cc1. The maximum atomic E-state index is 12.3. The lowest BCUT2D eigenvalue weighted by Crippen LogP contribution is -2.31.